The summed E-state index contributed by atoms with van der Waals surface area (Å²) >= 11 is 0. The number of benzene rings is 2. The second-order valence-electron chi connectivity index (χ2n) is 6.81. The first-order valence-electron chi connectivity index (χ1n) is 8.20. The molecule has 1 aliphatic rings. The summed E-state index contributed by atoms with van der Waals surface area (Å²) in [7, 11) is 5.85. The summed E-state index contributed by atoms with van der Waals surface area (Å²) in [5.41, 5.74) is 2.71. The summed E-state index contributed by atoms with van der Waals surface area (Å²) in [6.07, 6.45) is 1.67. The van der Waals surface area contributed by atoms with Gasteiger partial charge in [0, 0.05) is 33.4 Å². The monoisotopic (exact) mass is 326 g/mol. The second kappa shape index (κ2) is 6.27. The van der Waals surface area contributed by atoms with Gasteiger partial charge in [0.05, 0.1) is 5.41 Å². The summed E-state index contributed by atoms with van der Waals surface area (Å²) < 4.78 is 13.1. The zero-order valence-corrected chi connectivity index (χ0v) is 14.4. The van der Waals surface area contributed by atoms with Crippen LogP contribution < -0.4 is 4.90 Å². The number of carbonyl (C=O) groups excluding carboxylic acids is 1. The Labute approximate surface area is 142 Å². The molecular formula is C20H23FN2O. The standard InChI is InChI=1S/C20H23FN2O/c1-22(2)18-10-4-15(5-11-18)14-23(3)19(24)20(12-13-20)16-6-8-17(21)9-7-16/h4-11H,12-14H2,1-3H3. The van der Waals surface area contributed by atoms with E-state index in [9.17, 15) is 9.18 Å². The lowest BCUT2D eigenvalue weighted by atomic mass is 9.94. The lowest BCUT2D eigenvalue weighted by molar-refractivity contribution is -0.133. The van der Waals surface area contributed by atoms with Crippen LogP contribution in [0.2, 0.25) is 0 Å². The fourth-order valence-electron chi connectivity index (χ4n) is 3.13. The predicted molar refractivity (Wildman–Crippen MR) is 94.6 cm³/mol. The van der Waals surface area contributed by atoms with Crippen LogP contribution in [0.25, 0.3) is 0 Å². The highest BCUT2D eigenvalue weighted by atomic mass is 19.1. The van der Waals surface area contributed by atoms with Crippen LogP contribution in [-0.2, 0) is 16.8 Å². The van der Waals surface area contributed by atoms with Gasteiger partial charge in [-0.05, 0) is 48.2 Å². The van der Waals surface area contributed by atoms with Crippen molar-refractivity contribution in [1.29, 1.82) is 0 Å². The van der Waals surface area contributed by atoms with E-state index in [1.807, 2.05) is 26.0 Å². The number of carbonyl (C=O) groups is 1. The van der Waals surface area contributed by atoms with Crippen LogP contribution in [0.5, 0.6) is 0 Å². The highest BCUT2D eigenvalue weighted by Crippen LogP contribution is 2.49. The summed E-state index contributed by atoms with van der Waals surface area (Å²) in [4.78, 5) is 16.7. The molecule has 0 radical (unpaired) electrons. The van der Waals surface area contributed by atoms with Gasteiger partial charge in [0.1, 0.15) is 5.82 Å². The number of halogens is 1. The predicted octanol–water partition coefficient (Wildman–Crippen LogP) is 3.58. The summed E-state index contributed by atoms with van der Waals surface area (Å²) in [5, 5.41) is 0. The van der Waals surface area contributed by atoms with Gasteiger partial charge in [-0.25, -0.2) is 4.39 Å². The molecule has 4 heteroatoms. The lowest BCUT2D eigenvalue weighted by Gasteiger charge is -2.24. The molecule has 0 bridgehead atoms. The van der Waals surface area contributed by atoms with Gasteiger partial charge < -0.3 is 9.80 Å². The molecule has 2 aromatic carbocycles. The lowest BCUT2D eigenvalue weighted by Crippen LogP contribution is -2.36. The minimum atomic E-state index is -0.452. The molecule has 1 fully saturated rings. The zero-order valence-electron chi connectivity index (χ0n) is 14.4. The number of hydrogen-bond donors (Lipinski definition) is 0. The third-order valence-corrected chi connectivity index (χ3v) is 4.78. The fraction of sp³-hybridized carbons (Fsp3) is 0.350. The highest BCUT2D eigenvalue weighted by Gasteiger charge is 2.52. The van der Waals surface area contributed by atoms with Gasteiger partial charge in [-0.15, -0.1) is 0 Å². The maximum Gasteiger partial charge on any atom is 0.233 e. The van der Waals surface area contributed by atoms with Crippen molar-refractivity contribution in [2.45, 2.75) is 24.8 Å². The number of nitrogens with zero attached hydrogens (tertiary/aromatic N) is 2. The van der Waals surface area contributed by atoms with Crippen LogP contribution in [0, 0.1) is 5.82 Å². The molecule has 1 saturated carbocycles. The Morgan fingerprint density at radius 2 is 1.58 bits per heavy atom. The van der Waals surface area contributed by atoms with Gasteiger partial charge >= 0.3 is 0 Å². The summed E-state index contributed by atoms with van der Waals surface area (Å²) in [5.74, 6) is -0.151. The van der Waals surface area contributed by atoms with E-state index >= 15 is 0 Å². The Balaban J connectivity index is 1.71. The van der Waals surface area contributed by atoms with E-state index in [0.717, 1.165) is 29.7 Å². The summed E-state index contributed by atoms with van der Waals surface area (Å²) in [6, 6.07) is 14.6. The molecule has 3 nitrogen and oxygen atoms in total. The van der Waals surface area contributed by atoms with Crippen molar-refractivity contribution in [1.82, 2.24) is 4.90 Å². The third kappa shape index (κ3) is 3.14. The number of anilines is 1. The Morgan fingerprint density at radius 1 is 1.00 bits per heavy atom. The molecule has 0 unspecified atom stereocenters. The van der Waals surface area contributed by atoms with Crippen LogP contribution in [0.1, 0.15) is 24.0 Å². The Morgan fingerprint density at radius 3 is 2.08 bits per heavy atom. The average molecular weight is 326 g/mol. The molecule has 0 heterocycles. The van der Waals surface area contributed by atoms with Crippen molar-refractivity contribution in [3.63, 3.8) is 0 Å². The van der Waals surface area contributed by atoms with Crippen LogP contribution in [0.4, 0.5) is 10.1 Å². The molecule has 126 valence electrons. The quantitative estimate of drug-likeness (QED) is 0.838. The smallest absolute Gasteiger partial charge is 0.233 e. The Hall–Kier alpha value is -2.36. The first-order chi connectivity index (χ1) is 11.4. The zero-order chi connectivity index (χ0) is 17.3. The fourth-order valence-corrected chi connectivity index (χ4v) is 3.13. The number of hydrogen-bond acceptors (Lipinski definition) is 2. The van der Waals surface area contributed by atoms with Crippen molar-refractivity contribution in [3.05, 3.63) is 65.5 Å². The van der Waals surface area contributed by atoms with Crippen LogP contribution >= 0.6 is 0 Å². The van der Waals surface area contributed by atoms with Crippen LogP contribution in [0.15, 0.2) is 48.5 Å². The molecule has 24 heavy (non-hydrogen) atoms. The van der Waals surface area contributed by atoms with E-state index in [0.29, 0.717) is 6.54 Å². The van der Waals surface area contributed by atoms with Gasteiger partial charge in [-0.1, -0.05) is 24.3 Å². The van der Waals surface area contributed by atoms with Crippen molar-refractivity contribution >= 4 is 11.6 Å². The van der Waals surface area contributed by atoms with E-state index < -0.39 is 5.41 Å². The molecule has 0 aliphatic heterocycles. The highest BCUT2D eigenvalue weighted by molar-refractivity contribution is 5.91. The molecule has 0 saturated heterocycles. The van der Waals surface area contributed by atoms with Gasteiger partial charge in [0.15, 0.2) is 0 Å². The van der Waals surface area contributed by atoms with Gasteiger partial charge in [-0.2, -0.15) is 0 Å². The largest absolute Gasteiger partial charge is 0.378 e. The normalized spacial score (nSPS) is 15.0. The Bertz CT molecular complexity index is 718. The number of likely N-dealkylation sites (N-methyl/N-ethyl adjacent to an activating group) is 1. The number of amides is 1. The van der Waals surface area contributed by atoms with Crippen molar-refractivity contribution < 1.29 is 9.18 Å². The van der Waals surface area contributed by atoms with E-state index in [1.54, 1.807) is 17.0 Å². The maximum atomic E-state index is 13.1. The number of rotatable bonds is 5. The molecule has 0 aromatic heterocycles. The molecule has 0 spiro atoms. The topological polar surface area (TPSA) is 23.6 Å². The van der Waals surface area contributed by atoms with E-state index in [-0.39, 0.29) is 11.7 Å². The Kier molecular flexibility index (Phi) is 4.31. The van der Waals surface area contributed by atoms with Crippen molar-refractivity contribution in [2.75, 3.05) is 26.0 Å². The van der Waals surface area contributed by atoms with Crippen LogP contribution in [0.3, 0.4) is 0 Å². The molecular weight excluding hydrogens is 303 g/mol. The minimum absolute atomic E-state index is 0.116. The van der Waals surface area contributed by atoms with Crippen molar-refractivity contribution in [2.24, 2.45) is 0 Å². The first kappa shape index (κ1) is 16.5. The molecule has 1 amide bonds. The van der Waals surface area contributed by atoms with Gasteiger partial charge in [-0.3, -0.25) is 4.79 Å². The minimum Gasteiger partial charge on any atom is -0.378 e. The van der Waals surface area contributed by atoms with E-state index in [4.69, 9.17) is 0 Å². The third-order valence-electron chi connectivity index (χ3n) is 4.78. The van der Waals surface area contributed by atoms with E-state index in [1.165, 1.54) is 12.1 Å². The SMILES string of the molecule is CN(Cc1ccc(N(C)C)cc1)C(=O)C1(c2ccc(F)cc2)CC1. The molecule has 1 aliphatic carbocycles. The average Bonchev–Trinajstić information content (AvgIpc) is 3.37. The van der Waals surface area contributed by atoms with Crippen LogP contribution in [-0.4, -0.2) is 32.0 Å². The summed E-state index contributed by atoms with van der Waals surface area (Å²) in [6.45, 7) is 0.579. The second-order valence-corrected chi connectivity index (χ2v) is 6.81. The van der Waals surface area contributed by atoms with E-state index in [2.05, 4.69) is 24.3 Å². The maximum absolute atomic E-state index is 13.1. The first-order valence-corrected chi connectivity index (χ1v) is 8.20. The van der Waals surface area contributed by atoms with Gasteiger partial charge in [0.25, 0.3) is 0 Å². The van der Waals surface area contributed by atoms with Crippen molar-refractivity contribution in [3.8, 4) is 0 Å². The van der Waals surface area contributed by atoms with Gasteiger partial charge in [0.2, 0.25) is 5.91 Å². The molecule has 0 atom stereocenters. The molecule has 3 rings (SSSR count). The molecule has 2 aromatic rings. The molecule has 0 N–H and O–H groups in total.